The second-order valence-electron chi connectivity index (χ2n) is 8.14. The molecule has 37 heavy (non-hydrogen) atoms. The highest BCUT2D eigenvalue weighted by atomic mass is 16.3. The Kier molecular flexibility index (Phi) is 3.18. The number of hydrogen-bond donors (Lipinski definition) is 0. The van der Waals surface area contributed by atoms with Gasteiger partial charge in [0.15, 0.2) is 17.5 Å². The number of furan rings is 1. The highest BCUT2D eigenvalue weighted by Crippen LogP contribution is 2.40. The van der Waals surface area contributed by atoms with Gasteiger partial charge in [-0.15, -0.1) is 0 Å². The van der Waals surface area contributed by atoms with Gasteiger partial charge >= 0.3 is 0 Å². The van der Waals surface area contributed by atoms with Crippen LogP contribution in [-0.2, 0) is 0 Å². The molecule has 0 aliphatic heterocycles. The van der Waals surface area contributed by atoms with Crippen LogP contribution < -0.4 is 0 Å². The Labute approximate surface area is 228 Å². The zero-order chi connectivity index (χ0) is 33.3. The van der Waals surface area contributed by atoms with Crippen molar-refractivity contribution in [1.29, 1.82) is 0 Å². The fraction of sp³-hybridized carbons (Fsp3) is 0. The van der Waals surface area contributed by atoms with Crippen LogP contribution in [0.3, 0.4) is 0 Å². The van der Waals surface area contributed by atoms with E-state index in [1.807, 2.05) is 54.6 Å². The Hall–Kier alpha value is -5.09. The smallest absolute Gasteiger partial charge is 0.167 e. The molecule has 0 fully saturated rings. The SMILES string of the molecule is [2H]c1c([2H])c([2H])c(-c2nc(-c3c([2H])c([2H])c([2H])c([2H])c3[2H])nc(-c3cccc4c3oc3cccc(-c5ccccc5)c34)n2)c([2H])c1[2H]. The highest BCUT2D eigenvalue weighted by Gasteiger charge is 2.19. The van der Waals surface area contributed by atoms with E-state index < -0.39 is 60.4 Å². The summed E-state index contributed by atoms with van der Waals surface area (Å²) in [7, 11) is 0. The Morgan fingerprint density at radius 3 is 1.78 bits per heavy atom. The van der Waals surface area contributed by atoms with Gasteiger partial charge in [0.25, 0.3) is 0 Å². The van der Waals surface area contributed by atoms with E-state index in [-0.39, 0.29) is 28.6 Å². The van der Waals surface area contributed by atoms with E-state index in [4.69, 9.17) is 18.1 Å². The molecule has 0 amide bonds. The van der Waals surface area contributed by atoms with Gasteiger partial charge < -0.3 is 4.42 Å². The molecule has 7 rings (SSSR count). The zero-order valence-corrected chi connectivity index (χ0v) is 19.1. The maximum absolute atomic E-state index is 8.56. The monoisotopic (exact) mass is 485 g/mol. The lowest BCUT2D eigenvalue weighted by Crippen LogP contribution is -2.00. The molecule has 0 unspecified atom stereocenters. The molecule has 4 nitrogen and oxygen atoms in total. The van der Waals surface area contributed by atoms with Crippen LogP contribution in [-0.4, -0.2) is 15.0 Å². The Balaban J connectivity index is 1.57. The average Bonchev–Trinajstić information content (AvgIpc) is 3.48. The fourth-order valence-corrected chi connectivity index (χ4v) is 4.33. The second kappa shape index (κ2) is 8.85. The van der Waals surface area contributed by atoms with E-state index in [1.54, 1.807) is 12.1 Å². The molecule has 0 spiro atoms. The van der Waals surface area contributed by atoms with Crippen LogP contribution in [0.25, 0.3) is 67.2 Å². The average molecular weight is 486 g/mol. The highest BCUT2D eigenvalue weighted by molar-refractivity contribution is 6.15. The van der Waals surface area contributed by atoms with Crippen molar-refractivity contribution in [2.45, 2.75) is 0 Å². The molecule has 0 aliphatic rings. The molecule has 5 aromatic carbocycles. The summed E-state index contributed by atoms with van der Waals surface area (Å²) in [6, 6.07) is 14.8. The van der Waals surface area contributed by atoms with Crippen LogP contribution in [0.15, 0.2) is 132 Å². The lowest BCUT2D eigenvalue weighted by molar-refractivity contribution is 0.669. The largest absolute Gasteiger partial charge is 0.455 e. The van der Waals surface area contributed by atoms with E-state index in [9.17, 15) is 0 Å². The number of aromatic nitrogens is 3. The summed E-state index contributed by atoms with van der Waals surface area (Å²) >= 11 is 0. The van der Waals surface area contributed by atoms with Crippen molar-refractivity contribution in [2.24, 2.45) is 0 Å². The predicted molar refractivity (Wildman–Crippen MR) is 149 cm³/mol. The summed E-state index contributed by atoms with van der Waals surface area (Å²) in [5, 5.41) is 1.56. The number of hydrogen-bond acceptors (Lipinski definition) is 4. The molecular weight excluding hydrogens is 454 g/mol. The van der Waals surface area contributed by atoms with Gasteiger partial charge in [0.2, 0.25) is 0 Å². The quantitative estimate of drug-likeness (QED) is 0.251. The third-order valence-corrected chi connectivity index (χ3v) is 5.93. The van der Waals surface area contributed by atoms with Gasteiger partial charge in [-0.05, 0) is 23.3 Å². The summed E-state index contributed by atoms with van der Waals surface area (Å²) in [6.45, 7) is 0. The number of fused-ring (bicyclic) bond motifs is 3. The lowest BCUT2D eigenvalue weighted by atomic mass is 9.99. The molecule has 0 radical (unpaired) electrons. The Morgan fingerprint density at radius 2 is 1.11 bits per heavy atom. The van der Waals surface area contributed by atoms with Crippen LogP contribution >= 0.6 is 0 Å². The van der Waals surface area contributed by atoms with Crippen molar-refractivity contribution < 1.29 is 18.1 Å². The molecule has 0 bridgehead atoms. The maximum atomic E-state index is 8.56. The van der Waals surface area contributed by atoms with E-state index in [0.717, 1.165) is 21.9 Å². The van der Waals surface area contributed by atoms with Crippen molar-refractivity contribution in [3.05, 3.63) is 127 Å². The number of para-hydroxylation sites is 1. The van der Waals surface area contributed by atoms with Crippen LogP contribution in [0.4, 0.5) is 0 Å². The third-order valence-electron chi connectivity index (χ3n) is 5.93. The van der Waals surface area contributed by atoms with Gasteiger partial charge in [-0.25, -0.2) is 15.0 Å². The van der Waals surface area contributed by atoms with Crippen molar-refractivity contribution >= 4 is 21.9 Å². The summed E-state index contributed by atoms with van der Waals surface area (Å²) in [5.41, 5.74) is 2.54. The van der Waals surface area contributed by atoms with Crippen LogP contribution in [0.1, 0.15) is 13.7 Å². The molecule has 0 saturated carbocycles. The molecule has 4 heteroatoms. The molecule has 7 aromatic rings. The first-order chi connectivity index (χ1) is 22.5. The van der Waals surface area contributed by atoms with Gasteiger partial charge in [0.05, 0.1) is 19.3 Å². The number of rotatable bonds is 4. The van der Waals surface area contributed by atoms with E-state index in [0.29, 0.717) is 16.7 Å². The van der Waals surface area contributed by atoms with Crippen molar-refractivity contribution in [2.75, 3.05) is 0 Å². The molecule has 2 aromatic heterocycles. The fourth-order valence-electron chi connectivity index (χ4n) is 4.33. The van der Waals surface area contributed by atoms with Gasteiger partial charge in [0.1, 0.15) is 11.2 Å². The van der Waals surface area contributed by atoms with E-state index >= 15 is 0 Å². The maximum Gasteiger partial charge on any atom is 0.167 e. The molecule has 0 saturated heterocycles. The Bertz CT molecular complexity index is 2280. The Morgan fingerprint density at radius 1 is 0.514 bits per heavy atom. The first kappa shape index (κ1) is 13.3. The predicted octanol–water partition coefficient (Wildman–Crippen LogP) is 8.44. The minimum absolute atomic E-state index is 0.0606. The molecule has 0 atom stereocenters. The van der Waals surface area contributed by atoms with Crippen molar-refractivity contribution in [3.8, 4) is 45.3 Å². The van der Waals surface area contributed by atoms with Gasteiger partial charge in [-0.3, -0.25) is 0 Å². The summed E-state index contributed by atoms with van der Waals surface area (Å²) in [6.07, 6.45) is 0. The molecule has 0 N–H and O–H groups in total. The summed E-state index contributed by atoms with van der Waals surface area (Å²) < 4.78 is 89.5. The van der Waals surface area contributed by atoms with Crippen molar-refractivity contribution in [3.63, 3.8) is 0 Å². The number of benzene rings is 5. The van der Waals surface area contributed by atoms with Gasteiger partial charge in [-0.2, -0.15) is 0 Å². The molecule has 0 aliphatic carbocycles. The first-order valence-corrected chi connectivity index (χ1v) is 11.4. The normalized spacial score (nSPS) is 15.0. The van der Waals surface area contributed by atoms with Crippen LogP contribution in [0.2, 0.25) is 0 Å². The standard InChI is InChI=1S/C33H21N3O/c1-4-12-22(13-5-1)25-18-11-21-28-29(25)26-19-10-20-27(30(26)37-28)33-35-31(23-14-6-2-7-15-23)34-32(36-33)24-16-8-3-9-17-24/h1-21H/i2D,3D,6D,7D,8D,9D,14D,15D,16D,17D. The van der Waals surface area contributed by atoms with E-state index in [1.165, 1.54) is 0 Å². The van der Waals surface area contributed by atoms with Gasteiger partial charge in [0, 0.05) is 21.9 Å². The minimum Gasteiger partial charge on any atom is -0.455 e. The van der Waals surface area contributed by atoms with E-state index in [2.05, 4.69) is 15.0 Å². The molecule has 174 valence electrons. The molecule has 2 heterocycles. The van der Waals surface area contributed by atoms with Crippen LogP contribution in [0.5, 0.6) is 0 Å². The number of nitrogens with zero attached hydrogens (tertiary/aromatic N) is 3. The topological polar surface area (TPSA) is 51.8 Å². The minimum atomic E-state index is -0.611. The lowest BCUT2D eigenvalue weighted by Gasteiger charge is -2.08. The van der Waals surface area contributed by atoms with Gasteiger partial charge in [-0.1, -0.05) is 115 Å². The summed E-state index contributed by atoms with van der Waals surface area (Å²) in [4.78, 5) is 13.5. The van der Waals surface area contributed by atoms with Crippen LogP contribution in [0, 0.1) is 0 Å². The third kappa shape index (κ3) is 3.76. The molecular formula is C33H21N3O. The van der Waals surface area contributed by atoms with Crippen molar-refractivity contribution in [1.82, 2.24) is 15.0 Å². The zero-order valence-electron chi connectivity index (χ0n) is 29.1. The second-order valence-corrected chi connectivity index (χ2v) is 8.14. The summed E-state index contributed by atoms with van der Waals surface area (Å²) in [5.74, 6) is -0.742. The first-order valence-electron chi connectivity index (χ1n) is 16.4.